The van der Waals surface area contributed by atoms with Crippen LogP contribution in [0.3, 0.4) is 0 Å². The van der Waals surface area contributed by atoms with Gasteiger partial charge in [-0.1, -0.05) is 12.1 Å². The first-order chi connectivity index (χ1) is 12.8. The zero-order chi connectivity index (χ0) is 17.9. The molecule has 3 aromatic rings. The minimum absolute atomic E-state index is 0.0144. The Morgan fingerprint density at radius 3 is 2.77 bits per heavy atom. The Balaban J connectivity index is 1.75. The van der Waals surface area contributed by atoms with Gasteiger partial charge in [-0.25, -0.2) is 0 Å². The van der Waals surface area contributed by atoms with Crippen LogP contribution in [0.25, 0.3) is 0 Å². The van der Waals surface area contributed by atoms with Gasteiger partial charge in [-0.3, -0.25) is 9.97 Å². The summed E-state index contributed by atoms with van der Waals surface area (Å²) in [6.07, 6.45) is 7.64. The summed E-state index contributed by atoms with van der Waals surface area (Å²) in [5.41, 5.74) is 3.37. The van der Waals surface area contributed by atoms with E-state index in [0.717, 1.165) is 22.9 Å². The molecule has 0 bridgehead atoms. The highest BCUT2D eigenvalue weighted by Crippen LogP contribution is 2.39. The molecule has 0 spiro atoms. The summed E-state index contributed by atoms with van der Waals surface area (Å²) in [7, 11) is 0. The summed E-state index contributed by atoms with van der Waals surface area (Å²) in [4.78, 5) is 11.1. The molecule has 4 rings (SSSR count). The minimum atomic E-state index is 0.0144. The molecule has 1 N–H and O–H groups in total. The van der Waals surface area contributed by atoms with Crippen LogP contribution in [-0.4, -0.2) is 24.5 Å². The van der Waals surface area contributed by atoms with Gasteiger partial charge in [0.05, 0.1) is 17.8 Å². The molecule has 1 fully saturated rings. The molecule has 1 aliphatic rings. The van der Waals surface area contributed by atoms with Gasteiger partial charge in [-0.05, 0) is 55.0 Å². The van der Waals surface area contributed by atoms with Gasteiger partial charge in [0.1, 0.15) is 0 Å². The molecule has 0 aliphatic carbocycles. The van der Waals surface area contributed by atoms with E-state index in [1.807, 2.05) is 30.6 Å². The Bertz CT molecular complexity index is 877. The molecule has 1 saturated heterocycles. The standard InChI is InChI=1S/C20H21N5S/c1-2-24-12-6-9-17(24)19-18(16-8-3-4-11-22-16)23-20(26)25(19)14-15-7-5-10-21-13-15/h3-13,18-19H,2,14H2,1H3,(H,23,26)/t18-,19-/m0/s1. The summed E-state index contributed by atoms with van der Waals surface area (Å²) >= 11 is 5.70. The lowest BCUT2D eigenvalue weighted by Crippen LogP contribution is -2.30. The first kappa shape index (κ1) is 16.7. The van der Waals surface area contributed by atoms with Crippen LogP contribution >= 0.6 is 12.2 Å². The summed E-state index contributed by atoms with van der Waals surface area (Å²) in [6.45, 7) is 3.79. The molecular weight excluding hydrogens is 342 g/mol. The van der Waals surface area contributed by atoms with Crippen molar-refractivity contribution < 1.29 is 0 Å². The number of nitrogens with zero attached hydrogens (tertiary/aromatic N) is 4. The number of hydrogen-bond acceptors (Lipinski definition) is 3. The maximum Gasteiger partial charge on any atom is 0.170 e. The van der Waals surface area contributed by atoms with E-state index in [1.54, 1.807) is 6.20 Å². The van der Waals surface area contributed by atoms with Crippen molar-refractivity contribution in [2.24, 2.45) is 0 Å². The molecule has 3 aromatic heterocycles. The van der Waals surface area contributed by atoms with Crippen molar-refractivity contribution in [3.63, 3.8) is 0 Å². The molecule has 6 heteroatoms. The Labute approximate surface area is 158 Å². The van der Waals surface area contributed by atoms with Crippen LogP contribution in [0.1, 0.15) is 36.0 Å². The fourth-order valence-corrected chi connectivity index (χ4v) is 3.87. The van der Waals surface area contributed by atoms with Gasteiger partial charge in [0.15, 0.2) is 5.11 Å². The summed E-state index contributed by atoms with van der Waals surface area (Å²) in [6, 6.07) is 14.4. The van der Waals surface area contributed by atoms with Crippen molar-refractivity contribution in [3.8, 4) is 0 Å². The largest absolute Gasteiger partial charge is 0.352 e. The second-order valence-electron chi connectivity index (χ2n) is 6.33. The minimum Gasteiger partial charge on any atom is -0.352 e. The first-order valence-corrected chi connectivity index (χ1v) is 9.20. The van der Waals surface area contributed by atoms with Crippen LogP contribution in [0.15, 0.2) is 67.3 Å². The van der Waals surface area contributed by atoms with Gasteiger partial charge in [0.2, 0.25) is 0 Å². The normalized spacial score (nSPS) is 19.6. The van der Waals surface area contributed by atoms with Gasteiger partial charge >= 0.3 is 0 Å². The number of thiocarbonyl (C=S) groups is 1. The summed E-state index contributed by atoms with van der Waals surface area (Å²) in [5, 5.41) is 4.24. The quantitative estimate of drug-likeness (QED) is 0.703. The molecule has 0 aromatic carbocycles. The van der Waals surface area contributed by atoms with Crippen molar-refractivity contribution >= 4 is 17.3 Å². The molecule has 132 valence electrons. The fraction of sp³-hybridized carbons (Fsp3) is 0.250. The van der Waals surface area contributed by atoms with Crippen LogP contribution < -0.4 is 5.32 Å². The van der Waals surface area contributed by atoms with Gasteiger partial charge in [-0.2, -0.15) is 0 Å². The monoisotopic (exact) mass is 363 g/mol. The van der Waals surface area contributed by atoms with Crippen molar-refractivity contribution in [2.45, 2.75) is 32.1 Å². The maximum absolute atomic E-state index is 5.70. The number of aryl methyl sites for hydroxylation is 1. The lowest BCUT2D eigenvalue weighted by atomic mass is 10.0. The van der Waals surface area contributed by atoms with Gasteiger partial charge in [0.25, 0.3) is 0 Å². The van der Waals surface area contributed by atoms with Crippen molar-refractivity contribution in [1.29, 1.82) is 0 Å². The molecule has 0 amide bonds. The third-order valence-electron chi connectivity index (χ3n) is 4.78. The van der Waals surface area contributed by atoms with E-state index in [2.05, 4.69) is 62.1 Å². The van der Waals surface area contributed by atoms with Crippen LogP contribution in [0.2, 0.25) is 0 Å². The Kier molecular flexibility index (Phi) is 4.67. The third kappa shape index (κ3) is 3.08. The lowest BCUT2D eigenvalue weighted by molar-refractivity contribution is 0.297. The van der Waals surface area contributed by atoms with Crippen LogP contribution in [0.5, 0.6) is 0 Å². The van der Waals surface area contributed by atoms with Crippen LogP contribution in [-0.2, 0) is 13.1 Å². The number of pyridine rings is 2. The molecule has 0 radical (unpaired) electrons. The highest BCUT2D eigenvalue weighted by Gasteiger charge is 2.40. The van der Waals surface area contributed by atoms with Crippen molar-refractivity contribution in [2.75, 3.05) is 0 Å². The van der Waals surface area contributed by atoms with Crippen molar-refractivity contribution in [1.82, 2.24) is 24.8 Å². The Hall–Kier alpha value is -2.73. The molecule has 26 heavy (non-hydrogen) atoms. The van der Waals surface area contributed by atoms with E-state index in [4.69, 9.17) is 12.2 Å². The van der Waals surface area contributed by atoms with Crippen molar-refractivity contribution in [3.05, 3.63) is 84.2 Å². The van der Waals surface area contributed by atoms with Crippen LogP contribution in [0.4, 0.5) is 0 Å². The zero-order valence-corrected chi connectivity index (χ0v) is 15.4. The number of hydrogen-bond donors (Lipinski definition) is 1. The molecule has 0 unspecified atom stereocenters. The fourth-order valence-electron chi connectivity index (χ4n) is 3.57. The predicted molar refractivity (Wildman–Crippen MR) is 105 cm³/mol. The third-order valence-corrected chi connectivity index (χ3v) is 5.13. The number of aromatic nitrogens is 3. The molecule has 5 nitrogen and oxygen atoms in total. The SMILES string of the molecule is CCn1cccc1[C@H]1[C@H](c2ccccn2)NC(=S)N1Cc1cccnc1. The second-order valence-corrected chi connectivity index (χ2v) is 6.72. The smallest absolute Gasteiger partial charge is 0.170 e. The highest BCUT2D eigenvalue weighted by molar-refractivity contribution is 7.80. The topological polar surface area (TPSA) is 46.0 Å². The maximum atomic E-state index is 5.70. The summed E-state index contributed by atoms with van der Waals surface area (Å²) < 4.78 is 2.27. The van der Waals surface area contributed by atoms with E-state index in [1.165, 1.54) is 5.69 Å². The van der Waals surface area contributed by atoms with Gasteiger partial charge in [-0.15, -0.1) is 0 Å². The molecule has 1 aliphatic heterocycles. The molecule has 4 heterocycles. The Morgan fingerprint density at radius 1 is 1.12 bits per heavy atom. The number of rotatable bonds is 5. The van der Waals surface area contributed by atoms with Gasteiger partial charge in [0, 0.05) is 43.6 Å². The first-order valence-electron chi connectivity index (χ1n) is 8.80. The molecule has 0 saturated carbocycles. The second kappa shape index (κ2) is 7.25. The lowest BCUT2D eigenvalue weighted by Gasteiger charge is -2.28. The average molecular weight is 363 g/mol. The zero-order valence-electron chi connectivity index (χ0n) is 14.6. The van der Waals surface area contributed by atoms with E-state index < -0.39 is 0 Å². The predicted octanol–water partition coefficient (Wildman–Crippen LogP) is 3.47. The highest BCUT2D eigenvalue weighted by atomic mass is 32.1. The Morgan fingerprint density at radius 2 is 2.04 bits per heavy atom. The van der Waals surface area contributed by atoms with E-state index >= 15 is 0 Å². The molecule has 2 atom stereocenters. The average Bonchev–Trinajstić information content (AvgIpc) is 3.28. The van der Waals surface area contributed by atoms with Gasteiger partial charge < -0.3 is 14.8 Å². The number of nitrogens with one attached hydrogen (secondary N) is 1. The van der Waals surface area contributed by atoms with E-state index in [0.29, 0.717) is 6.54 Å². The molecular formula is C20H21N5S. The van der Waals surface area contributed by atoms with E-state index in [9.17, 15) is 0 Å². The summed E-state index contributed by atoms with van der Waals surface area (Å²) in [5.74, 6) is 0. The van der Waals surface area contributed by atoms with Crippen LogP contribution in [0, 0.1) is 0 Å². The van der Waals surface area contributed by atoms with E-state index in [-0.39, 0.29) is 12.1 Å².